The van der Waals surface area contributed by atoms with Crippen LogP contribution in [-0.4, -0.2) is 21.3 Å². The van der Waals surface area contributed by atoms with Gasteiger partial charge in [0.2, 0.25) is 0 Å². The van der Waals surface area contributed by atoms with Gasteiger partial charge in [0.15, 0.2) is 4.32 Å². The van der Waals surface area contributed by atoms with Crippen molar-refractivity contribution in [3.05, 3.63) is 70.1 Å². The zero-order valence-electron chi connectivity index (χ0n) is 12.7. The van der Waals surface area contributed by atoms with Gasteiger partial charge in [-0.15, -0.1) is 0 Å². The van der Waals surface area contributed by atoms with Crippen molar-refractivity contribution in [1.82, 2.24) is 0 Å². The lowest BCUT2D eigenvalue weighted by molar-refractivity contribution is -0.113. The molecular weight excluding hydrogens is 342 g/mol. The number of benzene rings is 2. The Kier molecular flexibility index (Phi) is 4.51. The fourth-order valence-electron chi connectivity index (χ4n) is 2.26. The van der Waals surface area contributed by atoms with Crippen molar-refractivity contribution in [3.8, 4) is 0 Å². The van der Waals surface area contributed by atoms with Crippen LogP contribution in [0, 0.1) is 6.92 Å². The van der Waals surface area contributed by atoms with Gasteiger partial charge in [-0.3, -0.25) is 9.69 Å². The number of hydrogen-bond donors (Lipinski definition) is 1. The number of thiocarbonyl (C=S) groups is 1. The molecule has 0 bridgehead atoms. The summed E-state index contributed by atoms with van der Waals surface area (Å²) < 4.78 is 0.484. The minimum atomic E-state index is -0.979. The van der Waals surface area contributed by atoms with Crippen molar-refractivity contribution < 1.29 is 14.7 Å². The topological polar surface area (TPSA) is 57.6 Å². The predicted molar refractivity (Wildman–Crippen MR) is 100 cm³/mol. The van der Waals surface area contributed by atoms with Crippen LogP contribution in [0.4, 0.5) is 5.69 Å². The van der Waals surface area contributed by atoms with Gasteiger partial charge in [-0.2, -0.15) is 0 Å². The Morgan fingerprint density at radius 1 is 1.12 bits per heavy atom. The van der Waals surface area contributed by atoms with Gasteiger partial charge in [0, 0.05) is 0 Å². The second-order valence-electron chi connectivity index (χ2n) is 5.28. The molecule has 120 valence electrons. The molecule has 0 saturated carbocycles. The fourth-order valence-corrected chi connectivity index (χ4v) is 3.56. The van der Waals surface area contributed by atoms with E-state index in [2.05, 4.69) is 0 Å². The molecule has 24 heavy (non-hydrogen) atoms. The highest BCUT2D eigenvalue weighted by molar-refractivity contribution is 8.27. The molecule has 0 spiro atoms. The van der Waals surface area contributed by atoms with Crippen LogP contribution in [0.3, 0.4) is 0 Å². The lowest BCUT2D eigenvalue weighted by atomic mass is 10.1. The number of rotatable bonds is 3. The number of hydrogen-bond acceptors (Lipinski definition) is 4. The molecular formula is C18H13NO3S2. The summed E-state index contributed by atoms with van der Waals surface area (Å²) in [7, 11) is 0. The van der Waals surface area contributed by atoms with Crippen LogP contribution in [0.1, 0.15) is 21.5 Å². The smallest absolute Gasteiger partial charge is 0.335 e. The Labute approximate surface area is 148 Å². The van der Waals surface area contributed by atoms with E-state index in [1.54, 1.807) is 18.2 Å². The number of carboxylic acid groups (broad SMARTS) is 1. The standard InChI is InChI=1S/C18H13NO3S2/c1-11-2-8-14(9-3-11)19-16(20)15(24-18(19)23)10-12-4-6-13(7-5-12)17(21)22/h2-10H,1H3,(H,21,22)/b15-10+. The predicted octanol–water partition coefficient (Wildman–Crippen LogP) is 4.10. The SMILES string of the molecule is Cc1ccc(N2C(=O)/C(=C\c3ccc(C(=O)O)cc3)SC2=S)cc1. The van der Waals surface area contributed by atoms with Crippen molar-refractivity contribution in [1.29, 1.82) is 0 Å². The molecule has 0 aromatic heterocycles. The first-order chi connectivity index (χ1) is 11.5. The quantitative estimate of drug-likeness (QED) is 0.663. The van der Waals surface area contributed by atoms with Crippen molar-refractivity contribution in [3.63, 3.8) is 0 Å². The van der Waals surface area contributed by atoms with Gasteiger partial charge in [-0.1, -0.05) is 53.8 Å². The largest absolute Gasteiger partial charge is 0.478 e. The van der Waals surface area contributed by atoms with Crippen LogP contribution in [0.5, 0.6) is 0 Å². The molecule has 1 heterocycles. The van der Waals surface area contributed by atoms with Crippen molar-refractivity contribution in [2.45, 2.75) is 6.92 Å². The Morgan fingerprint density at radius 2 is 1.75 bits per heavy atom. The van der Waals surface area contributed by atoms with E-state index in [1.807, 2.05) is 31.2 Å². The number of aromatic carboxylic acids is 1. The summed E-state index contributed by atoms with van der Waals surface area (Å²) >= 11 is 6.57. The number of anilines is 1. The van der Waals surface area contributed by atoms with Gasteiger partial charge < -0.3 is 5.11 Å². The molecule has 1 N–H and O–H groups in total. The lowest BCUT2D eigenvalue weighted by Gasteiger charge is -2.14. The van der Waals surface area contributed by atoms with E-state index < -0.39 is 5.97 Å². The van der Waals surface area contributed by atoms with Crippen LogP contribution >= 0.6 is 24.0 Å². The van der Waals surface area contributed by atoms with E-state index in [-0.39, 0.29) is 11.5 Å². The molecule has 1 amide bonds. The maximum atomic E-state index is 12.6. The number of carboxylic acids is 1. The normalized spacial score (nSPS) is 16.0. The summed E-state index contributed by atoms with van der Waals surface area (Å²) in [5.74, 6) is -1.15. The number of aryl methyl sites for hydroxylation is 1. The van der Waals surface area contributed by atoms with Crippen LogP contribution in [0.2, 0.25) is 0 Å². The highest BCUT2D eigenvalue weighted by Crippen LogP contribution is 2.36. The summed E-state index contributed by atoms with van der Waals surface area (Å²) in [4.78, 5) is 25.5. The number of thioether (sulfide) groups is 1. The van der Waals surface area contributed by atoms with Gasteiger partial charge in [0.05, 0.1) is 16.2 Å². The first-order valence-corrected chi connectivity index (χ1v) is 8.36. The molecule has 3 rings (SSSR count). The maximum Gasteiger partial charge on any atom is 0.335 e. The Morgan fingerprint density at radius 3 is 2.33 bits per heavy atom. The number of amides is 1. The molecule has 0 radical (unpaired) electrons. The number of carbonyl (C=O) groups excluding carboxylic acids is 1. The molecule has 0 atom stereocenters. The first-order valence-electron chi connectivity index (χ1n) is 7.14. The lowest BCUT2D eigenvalue weighted by Crippen LogP contribution is -2.27. The van der Waals surface area contributed by atoms with E-state index in [0.717, 1.165) is 16.8 Å². The highest BCUT2D eigenvalue weighted by Gasteiger charge is 2.33. The summed E-state index contributed by atoms with van der Waals surface area (Å²) in [6.45, 7) is 1.98. The van der Waals surface area contributed by atoms with Gasteiger partial charge >= 0.3 is 5.97 Å². The number of carbonyl (C=O) groups is 2. The Hall–Kier alpha value is -2.44. The molecule has 1 saturated heterocycles. The van der Waals surface area contributed by atoms with Crippen molar-refractivity contribution >= 4 is 51.9 Å². The molecule has 2 aromatic carbocycles. The van der Waals surface area contributed by atoms with E-state index >= 15 is 0 Å². The number of nitrogens with zero attached hydrogens (tertiary/aromatic N) is 1. The van der Waals surface area contributed by atoms with E-state index in [9.17, 15) is 9.59 Å². The van der Waals surface area contributed by atoms with E-state index in [1.165, 1.54) is 28.8 Å². The summed E-state index contributed by atoms with van der Waals surface area (Å²) in [6.07, 6.45) is 1.72. The summed E-state index contributed by atoms with van der Waals surface area (Å²) in [6, 6.07) is 14.0. The van der Waals surface area contributed by atoms with E-state index in [4.69, 9.17) is 17.3 Å². The minimum absolute atomic E-state index is 0.170. The third kappa shape index (κ3) is 3.25. The Bertz CT molecular complexity index is 855. The van der Waals surface area contributed by atoms with Crippen molar-refractivity contribution in [2.24, 2.45) is 0 Å². The highest BCUT2D eigenvalue weighted by atomic mass is 32.2. The second kappa shape index (κ2) is 6.59. The molecule has 1 aliphatic rings. The molecule has 4 nitrogen and oxygen atoms in total. The summed E-state index contributed by atoms with van der Waals surface area (Å²) in [5.41, 5.74) is 2.81. The summed E-state index contributed by atoms with van der Waals surface area (Å²) in [5, 5.41) is 8.92. The average molecular weight is 355 g/mol. The van der Waals surface area contributed by atoms with Crippen LogP contribution in [0.25, 0.3) is 6.08 Å². The maximum absolute atomic E-state index is 12.6. The van der Waals surface area contributed by atoms with Crippen LogP contribution in [-0.2, 0) is 4.79 Å². The molecule has 2 aromatic rings. The van der Waals surface area contributed by atoms with Gasteiger partial charge in [-0.05, 0) is 42.8 Å². The monoisotopic (exact) mass is 355 g/mol. The Balaban J connectivity index is 1.87. The van der Waals surface area contributed by atoms with Gasteiger partial charge in [0.25, 0.3) is 5.91 Å². The molecule has 0 unspecified atom stereocenters. The van der Waals surface area contributed by atoms with Gasteiger partial charge in [0.1, 0.15) is 0 Å². The molecule has 6 heteroatoms. The zero-order chi connectivity index (χ0) is 17.3. The molecule has 0 aliphatic carbocycles. The third-order valence-electron chi connectivity index (χ3n) is 3.54. The van der Waals surface area contributed by atoms with Crippen molar-refractivity contribution in [2.75, 3.05) is 4.90 Å². The van der Waals surface area contributed by atoms with E-state index in [0.29, 0.717) is 9.23 Å². The fraction of sp³-hybridized carbons (Fsp3) is 0.0556. The molecule has 1 aliphatic heterocycles. The third-order valence-corrected chi connectivity index (χ3v) is 4.84. The second-order valence-corrected chi connectivity index (χ2v) is 6.96. The molecule has 1 fully saturated rings. The minimum Gasteiger partial charge on any atom is -0.478 e. The zero-order valence-corrected chi connectivity index (χ0v) is 14.4. The average Bonchev–Trinajstić information content (AvgIpc) is 2.83. The van der Waals surface area contributed by atoms with Gasteiger partial charge in [-0.25, -0.2) is 4.79 Å². The van der Waals surface area contributed by atoms with Crippen LogP contribution in [0.15, 0.2) is 53.4 Å². The van der Waals surface area contributed by atoms with Crippen LogP contribution < -0.4 is 4.90 Å². The first kappa shape index (κ1) is 16.4.